The molecular formula is C14H10Cl2F2N4SSe. The van der Waals surface area contributed by atoms with Gasteiger partial charge in [0, 0.05) is 0 Å². The second-order valence-electron chi connectivity index (χ2n) is 5.51. The molecule has 4 rings (SSSR count). The van der Waals surface area contributed by atoms with Crippen molar-refractivity contribution >= 4 is 53.4 Å². The van der Waals surface area contributed by atoms with E-state index in [1.165, 1.54) is 0 Å². The van der Waals surface area contributed by atoms with Crippen LogP contribution in [0, 0.1) is 0 Å². The standard InChI is InChI=1S/C14H10Cl2F2N4SSe/c15-8-4-7(23-16)5-22-10(13-20-21-14(24-13)11(17)18)9(19-12(8)22)6-2-1-3-6/h4-6,11H,1-3H2. The quantitative estimate of drug-likeness (QED) is 0.524. The summed E-state index contributed by atoms with van der Waals surface area (Å²) in [5.41, 5.74) is 2.24. The molecule has 3 heterocycles. The molecule has 3 aromatic rings. The summed E-state index contributed by atoms with van der Waals surface area (Å²) in [5, 5.41) is 8.17. The van der Waals surface area contributed by atoms with Crippen LogP contribution in [0.3, 0.4) is 0 Å². The molecular weight excluding hydrogens is 444 g/mol. The van der Waals surface area contributed by atoms with Gasteiger partial charge in [-0.05, 0) is 0 Å². The van der Waals surface area contributed by atoms with Crippen LogP contribution in [0.5, 0.6) is 0 Å². The van der Waals surface area contributed by atoms with Crippen LogP contribution in [-0.4, -0.2) is 34.1 Å². The van der Waals surface area contributed by atoms with Gasteiger partial charge in [0.2, 0.25) is 0 Å². The van der Waals surface area contributed by atoms with Crippen LogP contribution in [0.15, 0.2) is 17.2 Å². The number of rotatable bonds is 4. The Labute approximate surface area is 155 Å². The average molecular weight is 454 g/mol. The SMILES string of the molecule is FC(F)c1nnc(-c2c(C3CCC3)nc3c(Cl)cc(SCl)cn23)[se]1. The summed E-state index contributed by atoms with van der Waals surface area (Å²) in [6.07, 6.45) is 2.46. The van der Waals surface area contributed by atoms with Crippen LogP contribution < -0.4 is 0 Å². The van der Waals surface area contributed by atoms with E-state index in [0.717, 1.165) is 46.5 Å². The third-order valence-electron chi connectivity index (χ3n) is 4.09. The predicted molar refractivity (Wildman–Crippen MR) is 91.4 cm³/mol. The Morgan fingerprint density at radius 2 is 2.12 bits per heavy atom. The van der Waals surface area contributed by atoms with Crippen molar-refractivity contribution in [2.45, 2.75) is 36.5 Å². The molecule has 0 N–H and O–H groups in total. The Morgan fingerprint density at radius 3 is 2.71 bits per heavy atom. The van der Waals surface area contributed by atoms with Gasteiger partial charge < -0.3 is 0 Å². The summed E-state index contributed by atoms with van der Waals surface area (Å²) in [7, 11) is 6.91. The fourth-order valence-corrected chi connectivity index (χ4v) is 5.19. The van der Waals surface area contributed by atoms with E-state index in [2.05, 4.69) is 10.2 Å². The summed E-state index contributed by atoms with van der Waals surface area (Å²) >= 11 is 5.73. The topological polar surface area (TPSA) is 43.1 Å². The number of halogens is 4. The van der Waals surface area contributed by atoms with Gasteiger partial charge in [-0.25, -0.2) is 0 Å². The van der Waals surface area contributed by atoms with Crippen LogP contribution >= 0.6 is 33.3 Å². The van der Waals surface area contributed by atoms with Crippen LogP contribution in [0.25, 0.3) is 15.9 Å². The molecule has 0 aromatic carbocycles. The second kappa shape index (κ2) is 6.57. The minimum atomic E-state index is -2.57. The van der Waals surface area contributed by atoms with E-state index >= 15 is 0 Å². The van der Waals surface area contributed by atoms with Gasteiger partial charge in [-0.2, -0.15) is 0 Å². The number of aromatic nitrogens is 4. The zero-order chi connectivity index (χ0) is 16.8. The third-order valence-corrected chi connectivity index (χ3v) is 7.27. The summed E-state index contributed by atoms with van der Waals surface area (Å²) in [5.74, 6) is 0.317. The molecule has 0 unspecified atom stereocenters. The first kappa shape index (κ1) is 16.8. The molecule has 126 valence electrons. The molecule has 1 saturated carbocycles. The normalized spacial score (nSPS) is 15.4. The maximum atomic E-state index is 12.9. The van der Waals surface area contributed by atoms with Crippen molar-refractivity contribution in [3.63, 3.8) is 0 Å². The predicted octanol–water partition coefficient (Wildman–Crippen LogP) is 4.95. The number of hydrogen-bond acceptors (Lipinski definition) is 4. The van der Waals surface area contributed by atoms with Gasteiger partial charge in [0.05, 0.1) is 0 Å². The second-order valence-corrected chi connectivity index (χ2v) is 9.13. The molecule has 0 amide bonds. The molecule has 10 heteroatoms. The first-order valence-corrected chi connectivity index (χ1v) is 10.9. The number of nitrogens with zero attached hydrogens (tertiary/aromatic N) is 4. The molecule has 0 saturated heterocycles. The van der Waals surface area contributed by atoms with Gasteiger partial charge in [0.1, 0.15) is 0 Å². The van der Waals surface area contributed by atoms with E-state index in [9.17, 15) is 8.78 Å². The van der Waals surface area contributed by atoms with Crippen LogP contribution in [0.1, 0.15) is 41.9 Å². The van der Waals surface area contributed by atoms with Crippen molar-refractivity contribution in [3.05, 3.63) is 27.5 Å². The van der Waals surface area contributed by atoms with Crippen molar-refractivity contribution in [2.75, 3.05) is 0 Å². The monoisotopic (exact) mass is 454 g/mol. The number of alkyl halides is 2. The van der Waals surface area contributed by atoms with Gasteiger partial charge in [-0.3, -0.25) is 0 Å². The molecule has 0 bridgehead atoms. The summed E-state index contributed by atoms with van der Waals surface area (Å²) in [6, 6.07) is 1.75. The molecule has 4 nitrogen and oxygen atoms in total. The van der Waals surface area contributed by atoms with Crippen molar-refractivity contribution in [1.29, 1.82) is 0 Å². The molecule has 0 spiro atoms. The molecule has 1 aliphatic carbocycles. The fraction of sp³-hybridized carbons (Fsp3) is 0.357. The molecule has 0 aliphatic heterocycles. The molecule has 0 atom stereocenters. The number of fused-ring (bicyclic) bond motifs is 1. The van der Waals surface area contributed by atoms with Gasteiger partial charge in [-0.1, -0.05) is 0 Å². The molecule has 3 aromatic heterocycles. The van der Waals surface area contributed by atoms with Gasteiger partial charge in [0.15, 0.2) is 0 Å². The zero-order valence-corrected chi connectivity index (χ0v) is 16.1. The third kappa shape index (κ3) is 2.78. The van der Waals surface area contributed by atoms with Crippen molar-refractivity contribution < 1.29 is 8.78 Å². The first-order chi connectivity index (χ1) is 11.6. The summed E-state index contributed by atoms with van der Waals surface area (Å²) < 4.78 is 28.1. The Balaban J connectivity index is 1.97. The van der Waals surface area contributed by atoms with Gasteiger partial charge in [0.25, 0.3) is 0 Å². The zero-order valence-electron chi connectivity index (χ0n) is 12.0. The van der Waals surface area contributed by atoms with Crippen molar-refractivity contribution in [3.8, 4) is 10.3 Å². The maximum absolute atomic E-state index is 12.9. The number of imidazole rings is 1. The Bertz CT molecular complexity index is 910. The first-order valence-electron chi connectivity index (χ1n) is 7.20. The fourth-order valence-electron chi connectivity index (χ4n) is 2.74. The minimum absolute atomic E-state index is 0.152. The van der Waals surface area contributed by atoms with E-state index in [1.807, 2.05) is 10.6 Å². The van der Waals surface area contributed by atoms with E-state index in [4.69, 9.17) is 27.3 Å². The van der Waals surface area contributed by atoms with E-state index in [1.54, 1.807) is 6.07 Å². The van der Waals surface area contributed by atoms with E-state index in [0.29, 0.717) is 21.2 Å². The van der Waals surface area contributed by atoms with Crippen LogP contribution in [0.4, 0.5) is 8.78 Å². The summed E-state index contributed by atoms with van der Waals surface area (Å²) in [6.45, 7) is 0. The van der Waals surface area contributed by atoms with Crippen LogP contribution in [-0.2, 0) is 0 Å². The molecule has 24 heavy (non-hydrogen) atoms. The Hall–Kier alpha value is -0.661. The van der Waals surface area contributed by atoms with Gasteiger partial charge >= 0.3 is 156 Å². The van der Waals surface area contributed by atoms with E-state index in [-0.39, 0.29) is 4.57 Å². The summed E-state index contributed by atoms with van der Waals surface area (Å²) in [4.78, 5) is 5.45. The Morgan fingerprint density at radius 1 is 1.33 bits per heavy atom. The number of pyridine rings is 1. The molecule has 1 fully saturated rings. The molecule has 1 aliphatic rings. The molecule has 0 radical (unpaired) electrons. The van der Waals surface area contributed by atoms with Crippen molar-refractivity contribution in [2.24, 2.45) is 0 Å². The van der Waals surface area contributed by atoms with Crippen LogP contribution in [0.2, 0.25) is 5.02 Å². The Kier molecular flexibility index (Phi) is 4.60. The number of hydrogen-bond donors (Lipinski definition) is 0. The average Bonchev–Trinajstić information content (AvgIpc) is 3.10. The van der Waals surface area contributed by atoms with E-state index < -0.39 is 20.9 Å². The van der Waals surface area contributed by atoms with Crippen molar-refractivity contribution in [1.82, 2.24) is 19.6 Å². The van der Waals surface area contributed by atoms with Gasteiger partial charge in [-0.15, -0.1) is 0 Å².